The molecule has 0 aliphatic heterocycles. The molecule has 1 N–H and O–H groups in total. The number of carbonyl (C=O) groups excluding carboxylic acids is 1. The Kier molecular flexibility index (Phi) is 6.20. The Hall–Kier alpha value is -4.20. The summed E-state index contributed by atoms with van der Waals surface area (Å²) in [6.45, 7) is 0.666. The second-order valence-electron chi connectivity index (χ2n) is 8.13. The van der Waals surface area contributed by atoms with E-state index in [4.69, 9.17) is 4.74 Å². The first-order valence-electron chi connectivity index (χ1n) is 11.4. The van der Waals surface area contributed by atoms with Crippen molar-refractivity contribution in [3.63, 3.8) is 0 Å². The third-order valence-electron chi connectivity index (χ3n) is 5.86. The highest BCUT2D eigenvalue weighted by Gasteiger charge is 2.13. The fraction of sp³-hybridized carbons (Fsp3) is 0.231. The highest BCUT2D eigenvalue weighted by molar-refractivity contribution is 5.77. The van der Waals surface area contributed by atoms with Crippen molar-refractivity contribution in [1.29, 1.82) is 0 Å². The largest absolute Gasteiger partial charge is 0.497 e. The molecule has 0 bridgehead atoms. The van der Waals surface area contributed by atoms with Crippen molar-refractivity contribution < 1.29 is 9.53 Å². The van der Waals surface area contributed by atoms with Gasteiger partial charge in [0.25, 0.3) is 0 Å². The van der Waals surface area contributed by atoms with E-state index in [2.05, 4.69) is 32.7 Å². The molecule has 0 saturated carbocycles. The van der Waals surface area contributed by atoms with Gasteiger partial charge in [0.2, 0.25) is 5.91 Å². The van der Waals surface area contributed by atoms with Gasteiger partial charge in [0.15, 0.2) is 5.65 Å². The van der Waals surface area contributed by atoms with Gasteiger partial charge in [-0.05, 0) is 48.7 Å². The number of nitrogens with zero attached hydrogens (tertiary/aromatic N) is 5. The molecule has 5 aromatic rings. The molecule has 0 atom stereocenters. The maximum Gasteiger partial charge on any atom is 0.220 e. The molecule has 0 radical (unpaired) electrons. The van der Waals surface area contributed by atoms with Crippen molar-refractivity contribution in [1.82, 2.24) is 29.5 Å². The summed E-state index contributed by atoms with van der Waals surface area (Å²) >= 11 is 0. The fourth-order valence-corrected chi connectivity index (χ4v) is 4.01. The van der Waals surface area contributed by atoms with Crippen LogP contribution in [0.1, 0.15) is 24.2 Å². The lowest BCUT2D eigenvalue weighted by molar-refractivity contribution is -0.121. The summed E-state index contributed by atoms with van der Waals surface area (Å²) in [6, 6.07) is 20.1. The lowest BCUT2D eigenvalue weighted by Gasteiger charge is -2.05. The zero-order valence-electron chi connectivity index (χ0n) is 19.0. The van der Waals surface area contributed by atoms with Crippen LogP contribution in [0.25, 0.3) is 22.4 Å². The van der Waals surface area contributed by atoms with Crippen LogP contribution in [0.5, 0.6) is 5.75 Å². The van der Waals surface area contributed by atoms with Crippen LogP contribution >= 0.6 is 0 Å². The Labute approximate surface area is 197 Å². The predicted molar refractivity (Wildman–Crippen MR) is 130 cm³/mol. The second kappa shape index (κ2) is 9.74. The van der Waals surface area contributed by atoms with Crippen molar-refractivity contribution in [2.24, 2.45) is 0 Å². The minimum Gasteiger partial charge on any atom is -0.497 e. The molecular weight excluding hydrogens is 428 g/mol. The first-order chi connectivity index (χ1) is 16.7. The summed E-state index contributed by atoms with van der Waals surface area (Å²) in [7, 11) is 1.65. The molecule has 5 rings (SSSR count). The van der Waals surface area contributed by atoms with Crippen LogP contribution in [-0.4, -0.2) is 43.8 Å². The van der Waals surface area contributed by atoms with E-state index in [1.54, 1.807) is 11.6 Å². The predicted octanol–water partition coefficient (Wildman–Crippen LogP) is 3.73. The lowest BCUT2D eigenvalue weighted by Crippen LogP contribution is -2.25. The van der Waals surface area contributed by atoms with Gasteiger partial charge in [0.05, 0.1) is 12.8 Å². The first-order valence-corrected chi connectivity index (χ1v) is 11.4. The zero-order chi connectivity index (χ0) is 23.3. The average Bonchev–Trinajstić information content (AvgIpc) is 3.50. The quantitative estimate of drug-likeness (QED) is 0.343. The van der Waals surface area contributed by atoms with Crippen LogP contribution in [0.4, 0.5) is 0 Å². The molecule has 0 aliphatic rings. The normalized spacial score (nSPS) is 11.2. The number of fused-ring (bicyclic) bond motifs is 3. The number of ether oxygens (including phenoxy) is 1. The molecular formula is C26H26N6O2. The Morgan fingerprint density at radius 1 is 1.00 bits per heavy atom. The number of hydrogen-bond donors (Lipinski definition) is 1. The maximum atomic E-state index is 12.3. The highest BCUT2D eigenvalue weighted by Crippen LogP contribution is 2.24. The summed E-state index contributed by atoms with van der Waals surface area (Å²) < 4.78 is 8.96. The molecule has 8 nitrogen and oxygen atoms in total. The average molecular weight is 455 g/mol. The molecule has 172 valence electrons. The Morgan fingerprint density at radius 2 is 1.82 bits per heavy atom. The van der Waals surface area contributed by atoms with E-state index in [0.717, 1.165) is 41.2 Å². The molecule has 3 aromatic heterocycles. The maximum absolute atomic E-state index is 12.3. The van der Waals surface area contributed by atoms with Crippen molar-refractivity contribution in [2.75, 3.05) is 13.7 Å². The number of nitrogens with one attached hydrogen (secondary N) is 1. The number of benzene rings is 2. The Bertz CT molecular complexity index is 1410. The monoisotopic (exact) mass is 454 g/mol. The zero-order valence-corrected chi connectivity index (χ0v) is 19.0. The molecule has 0 saturated heterocycles. The van der Waals surface area contributed by atoms with Gasteiger partial charge < -0.3 is 10.1 Å². The molecule has 0 aliphatic carbocycles. The number of aromatic nitrogens is 5. The van der Waals surface area contributed by atoms with E-state index in [1.807, 2.05) is 65.3 Å². The van der Waals surface area contributed by atoms with Crippen molar-refractivity contribution in [2.45, 2.75) is 25.7 Å². The van der Waals surface area contributed by atoms with Crippen LogP contribution in [0.3, 0.4) is 0 Å². The van der Waals surface area contributed by atoms with Crippen molar-refractivity contribution >= 4 is 17.1 Å². The van der Waals surface area contributed by atoms with E-state index >= 15 is 0 Å². The first kappa shape index (κ1) is 21.6. The van der Waals surface area contributed by atoms with E-state index in [0.29, 0.717) is 25.0 Å². The molecule has 1 amide bonds. The summed E-state index contributed by atoms with van der Waals surface area (Å²) in [5, 5.41) is 16.4. The van der Waals surface area contributed by atoms with Gasteiger partial charge in [-0.1, -0.05) is 30.3 Å². The molecule has 8 heteroatoms. The molecule has 3 heterocycles. The molecule has 2 aromatic carbocycles. The summed E-state index contributed by atoms with van der Waals surface area (Å²) in [4.78, 5) is 12.3. The van der Waals surface area contributed by atoms with Crippen LogP contribution in [0.2, 0.25) is 0 Å². The van der Waals surface area contributed by atoms with Crippen molar-refractivity contribution in [3.8, 4) is 17.0 Å². The topological polar surface area (TPSA) is 85.8 Å². The number of hydrogen-bond acceptors (Lipinski definition) is 5. The fourth-order valence-electron chi connectivity index (χ4n) is 4.01. The van der Waals surface area contributed by atoms with Gasteiger partial charge >= 0.3 is 0 Å². The van der Waals surface area contributed by atoms with Gasteiger partial charge in [-0.25, -0.2) is 4.52 Å². The van der Waals surface area contributed by atoms with Crippen molar-refractivity contribution in [3.05, 3.63) is 84.4 Å². The number of methoxy groups -OCH3 is 1. The van der Waals surface area contributed by atoms with Gasteiger partial charge in [-0.2, -0.15) is 5.10 Å². The van der Waals surface area contributed by atoms with Gasteiger partial charge in [0.1, 0.15) is 17.1 Å². The number of amides is 1. The third-order valence-corrected chi connectivity index (χ3v) is 5.86. The van der Waals surface area contributed by atoms with E-state index in [-0.39, 0.29) is 5.91 Å². The van der Waals surface area contributed by atoms with Crippen LogP contribution in [0.15, 0.2) is 73.1 Å². The summed E-state index contributed by atoms with van der Waals surface area (Å²) in [5.74, 6) is 1.58. The van der Waals surface area contributed by atoms with Crippen LogP contribution in [0, 0.1) is 0 Å². The third kappa shape index (κ3) is 4.61. The summed E-state index contributed by atoms with van der Waals surface area (Å²) in [5.41, 5.74) is 4.69. The SMILES string of the molecule is COc1ccc(-c2cc3c4nnc(CCC(=O)NCCCc5ccccc5)n4ccn3n2)cc1. The molecule has 0 spiro atoms. The van der Waals surface area contributed by atoms with E-state index in [1.165, 1.54) is 5.56 Å². The number of rotatable bonds is 9. The molecule has 0 fully saturated rings. The number of aryl methyl sites for hydroxylation is 2. The van der Waals surface area contributed by atoms with Gasteiger partial charge in [-0.15, -0.1) is 10.2 Å². The van der Waals surface area contributed by atoms with E-state index in [9.17, 15) is 4.79 Å². The minimum atomic E-state index is 0.0250. The highest BCUT2D eigenvalue weighted by atomic mass is 16.5. The molecule has 0 unspecified atom stereocenters. The van der Waals surface area contributed by atoms with Gasteiger partial charge in [-0.3, -0.25) is 9.20 Å². The Balaban J connectivity index is 1.22. The van der Waals surface area contributed by atoms with Gasteiger partial charge in [0, 0.05) is 37.3 Å². The second-order valence-corrected chi connectivity index (χ2v) is 8.13. The minimum absolute atomic E-state index is 0.0250. The Morgan fingerprint density at radius 3 is 2.62 bits per heavy atom. The number of carbonyl (C=O) groups is 1. The summed E-state index contributed by atoms with van der Waals surface area (Å²) in [6.07, 6.45) is 6.52. The van der Waals surface area contributed by atoms with Crippen LogP contribution in [-0.2, 0) is 17.6 Å². The standard InChI is InChI=1S/C26H26N6O2/c1-34-21-11-9-20(10-12-21)22-18-23-26-29-28-24(31(26)16-17-32(23)30-22)13-14-25(33)27-15-5-8-19-6-3-2-4-7-19/h2-4,6-7,9-12,16-18H,5,8,13-15H2,1H3,(H,27,33). The lowest BCUT2D eigenvalue weighted by atomic mass is 10.1. The van der Waals surface area contributed by atoms with Crippen LogP contribution < -0.4 is 10.1 Å². The molecule has 34 heavy (non-hydrogen) atoms. The smallest absolute Gasteiger partial charge is 0.220 e. The van der Waals surface area contributed by atoms with E-state index < -0.39 is 0 Å².